The minimum absolute atomic E-state index is 0.868. The molecule has 2 nitrogen and oxygen atoms in total. The van der Waals surface area contributed by atoms with E-state index in [1.165, 1.54) is 63.5 Å². The molecule has 0 aliphatic heterocycles. The molecule has 0 N–H and O–H groups in total. The summed E-state index contributed by atoms with van der Waals surface area (Å²) in [5.74, 6) is 0.868. The first-order chi connectivity index (χ1) is 17.3. The van der Waals surface area contributed by atoms with Crippen LogP contribution in [0.3, 0.4) is 0 Å². The predicted octanol–water partition coefficient (Wildman–Crippen LogP) is 9.43. The summed E-state index contributed by atoms with van der Waals surface area (Å²) in [6, 6.07) is 30.8. The van der Waals surface area contributed by atoms with Crippen LogP contribution in [-0.2, 0) is 0 Å². The molecule has 5 aromatic carbocycles. The Balaban J connectivity index is 1.87. The third-order valence-corrected chi connectivity index (χ3v) is 8.10. The molecule has 35 heavy (non-hydrogen) atoms. The molecule has 2 heterocycles. The van der Waals surface area contributed by atoms with Gasteiger partial charge in [0.25, 0.3) is 0 Å². The summed E-state index contributed by atoms with van der Waals surface area (Å²) in [6.07, 6.45) is 5.77. The smallest absolute Gasteiger partial charge is 0.137 e. The summed E-state index contributed by atoms with van der Waals surface area (Å²) >= 11 is 1.86. The number of aromatic nitrogens is 1. The van der Waals surface area contributed by atoms with Gasteiger partial charge in [0, 0.05) is 37.8 Å². The molecule has 0 radical (unpaired) electrons. The van der Waals surface area contributed by atoms with Gasteiger partial charge in [-0.1, -0.05) is 91.5 Å². The molecule has 0 bridgehead atoms. The predicted molar refractivity (Wildman–Crippen MR) is 155 cm³/mol. The molecule has 3 heteroatoms. The number of benzene rings is 5. The summed E-state index contributed by atoms with van der Waals surface area (Å²) in [7, 11) is 0. The maximum absolute atomic E-state index is 4.77. The lowest BCUT2D eigenvalue weighted by Gasteiger charge is -2.12. The van der Waals surface area contributed by atoms with Crippen molar-refractivity contribution in [3.05, 3.63) is 110 Å². The molecule has 2 aromatic heterocycles. The molecule has 0 fully saturated rings. The molecular formula is C32H22N2S. The standard InChI is InChI=1S/C32H22N2S/c1-3-11-28(33-4-2)34-30-24-16-8-6-13-21(24)20-12-5-7-15-23(20)29(30)26-19-18-25-22-14-9-10-17-27(22)35-32(25)31(26)34/h3-19H,2H2,1H3/b11-3-,33-28?. The van der Waals surface area contributed by atoms with Crippen LogP contribution in [0.2, 0.25) is 0 Å². The van der Waals surface area contributed by atoms with Crippen molar-refractivity contribution in [1.29, 1.82) is 0 Å². The minimum atomic E-state index is 0.868. The summed E-state index contributed by atoms with van der Waals surface area (Å²) in [5.41, 5.74) is 2.40. The highest BCUT2D eigenvalue weighted by Crippen LogP contribution is 2.46. The summed E-state index contributed by atoms with van der Waals surface area (Å²) in [5, 5.41) is 10.1. The second kappa shape index (κ2) is 7.66. The van der Waals surface area contributed by atoms with Crippen molar-refractivity contribution in [2.24, 2.45) is 4.99 Å². The zero-order chi connectivity index (χ0) is 23.5. The Labute approximate surface area is 206 Å². The number of thiophene rings is 1. The van der Waals surface area contributed by atoms with Gasteiger partial charge in [-0.05, 0) is 35.2 Å². The molecule has 7 aromatic rings. The maximum Gasteiger partial charge on any atom is 0.137 e. The molecule has 0 saturated heterocycles. The highest BCUT2D eigenvalue weighted by Gasteiger charge is 2.22. The molecule has 0 amide bonds. The average Bonchev–Trinajstić information content (AvgIpc) is 3.45. The molecule has 0 spiro atoms. The first kappa shape index (κ1) is 20.2. The molecule has 0 unspecified atom stereocenters. The van der Waals surface area contributed by atoms with Crippen molar-refractivity contribution < 1.29 is 0 Å². The lowest BCUT2D eigenvalue weighted by molar-refractivity contribution is 1.28. The Hall–Kier alpha value is -4.21. The van der Waals surface area contributed by atoms with Gasteiger partial charge >= 0.3 is 0 Å². The topological polar surface area (TPSA) is 17.3 Å². The van der Waals surface area contributed by atoms with Gasteiger partial charge in [-0.25, -0.2) is 4.99 Å². The Bertz CT molecular complexity index is 2030. The van der Waals surface area contributed by atoms with Crippen LogP contribution in [0.5, 0.6) is 0 Å². The number of rotatable bonds is 2. The molecule has 7 rings (SSSR count). The molecular weight excluding hydrogens is 444 g/mol. The molecule has 0 saturated carbocycles. The van der Waals surface area contributed by atoms with Crippen LogP contribution < -0.4 is 0 Å². The fourth-order valence-corrected chi connectivity index (χ4v) is 6.83. The minimum Gasteiger partial charge on any atom is -0.292 e. The Morgan fingerprint density at radius 3 is 2.09 bits per heavy atom. The fraction of sp³-hybridized carbons (Fsp3) is 0.0312. The summed E-state index contributed by atoms with van der Waals surface area (Å²) in [4.78, 5) is 4.77. The van der Waals surface area contributed by atoms with Crippen LogP contribution in [0, 0.1) is 0 Å². The molecule has 0 atom stereocenters. The SMILES string of the molecule is C=CN=C(/C=C\C)n1c2c(ccc3c4ccccc4sc32)c2c3ccccc3c3ccccc3c21. The number of nitrogens with zero attached hydrogens (tertiary/aromatic N) is 2. The van der Waals surface area contributed by atoms with Gasteiger partial charge in [-0.3, -0.25) is 4.57 Å². The van der Waals surface area contributed by atoms with Crippen molar-refractivity contribution in [2.75, 3.05) is 0 Å². The second-order valence-electron chi connectivity index (χ2n) is 8.76. The summed E-state index contributed by atoms with van der Waals surface area (Å²) in [6.45, 7) is 5.97. The van der Waals surface area contributed by atoms with E-state index in [-0.39, 0.29) is 0 Å². The zero-order valence-electron chi connectivity index (χ0n) is 19.3. The van der Waals surface area contributed by atoms with Crippen molar-refractivity contribution >= 4 is 80.7 Å². The number of hydrogen-bond donors (Lipinski definition) is 0. The number of aliphatic imine (C=N–C) groups is 1. The number of allylic oxidation sites excluding steroid dienone is 2. The van der Waals surface area contributed by atoms with E-state index in [1.807, 2.05) is 24.3 Å². The van der Waals surface area contributed by atoms with Gasteiger partial charge in [-0.15, -0.1) is 11.3 Å². The Morgan fingerprint density at radius 2 is 1.34 bits per heavy atom. The second-order valence-corrected chi connectivity index (χ2v) is 9.81. The third kappa shape index (κ3) is 2.73. The normalized spacial score (nSPS) is 12.9. The van der Waals surface area contributed by atoms with Crippen LogP contribution in [-0.4, -0.2) is 10.4 Å². The van der Waals surface area contributed by atoms with Gasteiger partial charge in [0.05, 0.1) is 15.7 Å². The number of fused-ring (bicyclic) bond motifs is 12. The molecule has 0 aliphatic carbocycles. The highest BCUT2D eigenvalue weighted by molar-refractivity contribution is 7.26. The molecule has 0 aliphatic rings. The maximum atomic E-state index is 4.77. The van der Waals surface area contributed by atoms with Crippen molar-refractivity contribution in [2.45, 2.75) is 6.92 Å². The lowest BCUT2D eigenvalue weighted by atomic mass is 9.96. The van der Waals surface area contributed by atoms with Crippen molar-refractivity contribution in [1.82, 2.24) is 4.57 Å². The monoisotopic (exact) mass is 466 g/mol. The van der Waals surface area contributed by atoms with Gasteiger partial charge in [0.15, 0.2) is 0 Å². The van der Waals surface area contributed by atoms with E-state index in [1.54, 1.807) is 6.20 Å². The lowest BCUT2D eigenvalue weighted by Crippen LogP contribution is -2.08. The highest BCUT2D eigenvalue weighted by atomic mass is 32.1. The third-order valence-electron chi connectivity index (χ3n) is 6.91. The van der Waals surface area contributed by atoms with Crippen LogP contribution in [0.25, 0.3) is 63.5 Å². The van der Waals surface area contributed by atoms with E-state index in [4.69, 9.17) is 4.99 Å². The van der Waals surface area contributed by atoms with Crippen LogP contribution >= 0.6 is 11.3 Å². The Kier molecular flexibility index (Phi) is 4.42. The van der Waals surface area contributed by atoms with E-state index >= 15 is 0 Å². The van der Waals surface area contributed by atoms with Gasteiger partial charge in [0.1, 0.15) is 5.84 Å². The van der Waals surface area contributed by atoms with Gasteiger partial charge in [0.2, 0.25) is 0 Å². The van der Waals surface area contributed by atoms with Gasteiger partial charge in [-0.2, -0.15) is 0 Å². The largest absolute Gasteiger partial charge is 0.292 e. The first-order valence-electron chi connectivity index (χ1n) is 11.8. The van der Waals surface area contributed by atoms with Gasteiger partial charge < -0.3 is 0 Å². The van der Waals surface area contributed by atoms with E-state index in [2.05, 4.69) is 102 Å². The number of hydrogen-bond acceptors (Lipinski definition) is 2. The molecule has 166 valence electrons. The summed E-state index contributed by atoms with van der Waals surface area (Å²) < 4.78 is 4.95. The van der Waals surface area contributed by atoms with E-state index in [0.717, 1.165) is 5.84 Å². The zero-order valence-corrected chi connectivity index (χ0v) is 20.1. The van der Waals surface area contributed by atoms with E-state index in [9.17, 15) is 0 Å². The fourth-order valence-electron chi connectivity index (χ4n) is 5.58. The van der Waals surface area contributed by atoms with Crippen LogP contribution in [0.15, 0.2) is 115 Å². The average molecular weight is 467 g/mol. The van der Waals surface area contributed by atoms with Crippen LogP contribution in [0.1, 0.15) is 6.92 Å². The van der Waals surface area contributed by atoms with E-state index < -0.39 is 0 Å². The van der Waals surface area contributed by atoms with Crippen molar-refractivity contribution in [3.8, 4) is 0 Å². The van der Waals surface area contributed by atoms with E-state index in [0.29, 0.717) is 0 Å². The van der Waals surface area contributed by atoms with Crippen molar-refractivity contribution in [3.63, 3.8) is 0 Å². The quantitative estimate of drug-likeness (QED) is 0.137. The Morgan fingerprint density at radius 1 is 0.714 bits per heavy atom. The first-order valence-corrected chi connectivity index (χ1v) is 12.6. The van der Waals surface area contributed by atoms with Crippen LogP contribution in [0.4, 0.5) is 0 Å².